The van der Waals surface area contributed by atoms with E-state index >= 15 is 0 Å². The molecule has 0 aliphatic heterocycles. The van der Waals surface area contributed by atoms with Gasteiger partial charge in [0.05, 0.1) is 23.3 Å². The lowest BCUT2D eigenvalue weighted by Gasteiger charge is -2.22. The largest absolute Gasteiger partial charge is 0.465 e. The van der Waals surface area contributed by atoms with Gasteiger partial charge < -0.3 is 4.74 Å². The summed E-state index contributed by atoms with van der Waals surface area (Å²) in [6, 6.07) is 11.4. The third kappa shape index (κ3) is 3.37. The Morgan fingerprint density at radius 3 is 2.17 bits per heavy atom. The molecule has 0 atom stereocenters. The molecule has 2 aromatic rings. The van der Waals surface area contributed by atoms with E-state index in [-0.39, 0.29) is 4.90 Å². The average Bonchev–Trinajstić information content (AvgIpc) is 2.53. The van der Waals surface area contributed by atoms with Gasteiger partial charge in [-0.2, -0.15) is 0 Å². The first kappa shape index (κ1) is 17.0. The summed E-state index contributed by atoms with van der Waals surface area (Å²) in [5.41, 5.74) is 2.56. The zero-order valence-corrected chi connectivity index (χ0v) is 14.3. The zero-order valence-electron chi connectivity index (χ0n) is 13.5. The Morgan fingerprint density at radius 1 is 1.04 bits per heavy atom. The molecule has 0 aliphatic rings. The molecule has 0 fully saturated rings. The summed E-state index contributed by atoms with van der Waals surface area (Å²) in [4.78, 5) is 11.8. The fourth-order valence-electron chi connectivity index (χ4n) is 2.25. The number of esters is 1. The minimum Gasteiger partial charge on any atom is -0.465 e. The van der Waals surface area contributed by atoms with Crippen molar-refractivity contribution in [2.24, 2.45) is 0 Å². The standard InChI is InChI=1S/C17H19NO4S/c1-12-5-8-15(9-6-12)23(20,21)18(3)16-10-7-14(11-13(16)2)17(19)22-4/h5-11H,1-4H3. The lowest BCUT2D eigenvalue weighted by molar-refractivity contribution is 0.0600. The van der Waals surface area contributed by atoms with Gasteiger partial charge in [-0.15, -0.1) is 0 Å². The number of aryl methyl sites for hydroxylation is 2. The summed E-state index contributed by atoms with van der Waals surface area (Å²) in [5.74, 6) is -0.455. The maximum Gasteiger partial charge on any atom is 0.337 e. The minimum absolute atomic E-state index is 0.224. The maximum absolute atomic E-state index is 12.7. The van der Waals surface area contributed by atoms with E-state index in [1.54, 1.807) is 49.4 Å². The van der Waals surface area contributed by atoms with Gasteiger partial charge in [-0.05, 0) is 49.7 Å². The Hall–Kier alpha value is -2.34. The van der Waals surface area contributed by atoms with Crippen LogP contribution in [-0.2, 0) is 14.8 Å². The lowest BCUT2D eigenvalue weighted by Crippen LogP contribution is -2.27. The van der Waals surface area contributed by atoms with E-state index in [0.29, 0.717) is 16.8 Å². The number of benzene rings is 2. The molecule has 0 saturated heterocycles. The second-order valence-electron chi connectivity index (χ2n) is 5.28. The molecule has 2 aromatic carbocycles. The molecule has 0 aliphatic carbocycles. The van der Waals surface area contributed by atoms with E-state index in [0.717, 1.165) is 5.56 Å². The summed E-state index contributed by atoms with van der Waals surface area (Å²) >= 11 is 0. The van der Waals surface area contributed by atoms with Crippen molar-refractivity contribution in [3.63, 3.8) is 0 Å². The van der Waals surface area contributed by atoms with Crippen molar-refractivity contribution < 1.29 is 17.9 Å². The number of hydrogen-bond donors (Lipinski definition) is 0. The van der Waals surface area contributed by atoms with Gasteiger partial charge in [0.1, 0.15) is 0 Å². The molecule has 0 aromatic heterocycles. The Kier molecular flexibility index (Phi) is 4.75. The molecule has 2 rings (SSSR count). The van der Waals surface area contributed by atoms with Crippen molar-refractivity contribution in [1.29, 1.82) is 0 Å². The Bertz CT molecular complexity index is 826. The molecule has 0 saturated carbocycles. The van der Waals surface area contributed by atoms with Crippen molar-refractivity contribution in [3.8, 4) is 0 Å². The van der Waals surface area contributed by atoms with Crippen LogP contribution in [0.5, 0.6) is 0 Å². The molecule has 0 N–H and O–H groups in total. The van der Waals surface area contributed by atoms with Gasteiger partial charge in [-0.1, -0.05) is 17.7 Å². The second-order valence-corrected chi connectivity index (χ2v) is 7.25. The van der Waals surface area contributed by atoms with Crippen LogP contribution >= 0.6 is 0 Å². The molecule has 6 heteroatoms. The number of methoxy groups -OCH3 is 1. The van der Waals surface area contributed by atoms with E-state index in [9.17, 15) is 13.2 Å². The minimum atomic E-state index is -3.65. The van der Waals surface area contributed by atoms with Gasteiger partial charge in [0, 0.05) is 7.05 Å². The molecule has 0 unspecified atom stereocenters. The van der Waals surface area contributed by atoms with Crippen molar-refractivity contribution in [1.82, 2.24) is 0 Å². The Labute approximate surface area is 136 Å². The summed E-state index contributed by atoms with van der Waals surface area (Å²) in [7, 11) is -0.852. The van der Waals surface area contributed by atoms with E-state index in [4.69, 9.17) is 0 Å². The van der Waals surface area contributed by atoms with Crippen LogP contribution in [0.1, 0.15) is 21.5 Å². The predicted molar refractivity (Wildman–Crippen MR) is 89.3 cm³/mol. The lowest BCUT2D eigenvalue weighted by atomic mass is 10.1. The van der Waals surface area contributed by atoms with E-state index in [2.05, 4.69) is 4.74 Å². The first-order chi connectivity index (χ1) is 10.8. The number of ether oxygens (including phenoxy) is 1. The molecule has 0 radical (unpaired) electrons. The van der Waals surface area contributed by atoms with E-state index in [1.165, 1.54) is 18.5 Å². The highest BCUT2D eigenvalue weighted by atomic mass is 32.2. The normalized spacial score (nSPS) is 11.1. The van der Waals surface area contributed by atoms with Crippen LogP contribution in [0.25, 0.3) is 0 Å². The molecule has 0 heterocycles. The van der Waals surface area contributed by atoms with Gasteiger partial charge in [-0.3, -0.25) is 4.31 Å². The van der Waals surface area contributed by atoms with Crippen molar-refractivity contribution in [2.45, 2.75) is 18.7 Å². The van der Waals surface area contributed by atoms with Crippen LogP contribution in [-0.4, -0.2) is 28.5 Å². The summed E-state index contributed by atoms with van der Waals surface area (Å²) in [5, 5.41) is 0. The van der Waals surface area contributed by atoms with Crippen LogP contribution in [0.3, 0.4) is 0 Å². The number of rotatable bonds is 4. The van der Waals surface area contributed by atoms with Gasteiger partial charge >= 0.3 is 5.97 Å². The second kappa shape index (κ2) is 6.42. The molecular formula is C17H19NO4S. The number of sulfonamides is 1. The van der Waals surface area contributed by atoms with Gasteiger partial charge in [0.25, 0.3) is 10.0 Å². The molecule has 0 bridgehead atoms. The molecule has 0 amide bonds. The highest BCUT2D eigenvalue weighted by molar-refractivity contribution is 7.92. The third-order valence-corrected chi connectivity index (χ3v) is 5.42. The first-order valence-electron chi connectivity index (χ1n) is 7.02. The molecule has 122 valence electrons. The highest BCUT2D eigenvalue weighted by Gasteiger charge is 2.22. The summed E-state index contributed by atoms with van der Waals surface area (Å²) in [6.07, 6.45) is 0. The van der Waals surface area contributed by atoms with Crippen LogP contribution in [0.2, 0.25) is 0 Å². The van der Waals surface area contributed by atoms with Gasteiger partial charge in [0.2, 0.25) is 0 Å². The fraction of sp³-hybridized carbons (Fsp3) is 0.235. The molecular weight excluding hydrogens is 314 g/mol. The first-order valence-corrected chi connectivity index (χ1v) is 8.46. The molecule has 5 nitrogen and oxygen atoms in total. The molecule has 0 spiro atoms. The number of carbonyl (C=O) groups is 1. The predicted octanol–water partition coefficient (Wildman–Crippen LogP) is 2.92. The van der Waals surface area contributed by atoms with Gasteiger partial charge in [-0.25, -0.2) is 13.2 Å². The van der Waals surface area contributed by atoms with Crippen LogP contribution in [0.4, 0.5) is 5.69 Å². The van der Waals surface area contributed by atoms with Gasteiger partial charge in [0.15, 0.2) is 0 Å². The Balaban J connectivity index is 2.41. The zero-order chi connectivity index (χ0) is 17.2. The van der Waals surface area contributed by atoms with E-state index in [1.807, 2.05) is 6.92 Å². The van der Waals surface area contributed by atoms with E-state index < -0.39 is 16.0 Å². The summed E-state index contributed by atoms with van der Waals surface area (Å²) in [6.45, 7) is 3.65. The topological polar surface area (TPSA) is 63.7 Å². The number of hydrogen-bond acceptors (Lipinski definition) is 4. The fourth-order valence-corrected chi connectivity index (χ4v) is 3.51. The van der Waals surface area contributed by atoms with Crippen molar-refractivity contribution >= 4 is 21.7 Å². The third-order valence-electron chi connectivity index (χ3n) is 3.64. The maximum atomic E-state index is 12.7. The average molecular weight is 333 g/mol. The number of anilines is 1. The monoisotopic (exact) mass is 333 g/mol. The number of nitrogens with zero attached hydrogens (tertiary/aromatic N) is 1. The quantitative estimate of drug-likeness (QED) is 0.807. The smallest absolute Gasteiger partial charge is 0.337 e. The SMILES string of the molecule is COC(=O)c1ccc(N(C)S(=O)(=O)c2ccc(C)cc2)c(C)c1. The highest BCUT2D eigenvalue weighted by Crippen LogP contribution is 2.26. The Morgan fingerprint density at radius 2 is 1.65 bits per heavy atom. The van der Waals surface area contributed by atoms with Crippen LogP contribution in [0.15, 0.2) is 47.4 Å². The number of carbonyl (C=O) groups excluding carboxylic acids is 1. The molecule has 23 heavy (non-hydrogen) atoms. The van der Waals surface area contributed by atoms with Crippen LogP contribution in [0, 0.1) is 13.8 Å². The van der Waals surface area contributed by atoms with Crippen LogP contribution < -0.4 is 4.31 Å². The van der Waals surface area contributed by atoms with Crippen molar-refractivity contribution in [3.05, 3.63) is 59.2 Å². The van der Waals surface area contributed by atoms with Crippen molar-refractivity contribution in [2.75, 3.05) is 18.5 Å². The summed E-state index contributed by atoms with van der Waals surface area (Å²) < 4.78 is 31.3.